The van der Waals surface area contributed by atoms with Gasteiger partial charge in [0.1, 0.15) is 35.2 Å². The predicted octanol–water partition coefficient (Wildman–Crippen LogP) is 5.23. The van der Waals surface area contributed by atoms with E-state index in [1.54, 1.807) is 6.07 Å². The first-order valence-electron chi connectivity index (χ1n) is 21.4. The number of aliphatic hydroxyl groups is 3. The third-order valence-corrected chi connectivity index (χ3v) is 14.1. The molecule has 4 N–H and O–H groups in total. The molecule has 69 heavy (non-hydrogen) atoms. The van der Waals surface area contributed by atoms with Crippen LogP contribution in [0.2, 0.25) is 0 Å². The van der Waals surface area contributed by atoms with E-state index in [0.717, 1.165) is 13.8 Å². The summed E-state index contributed by atoms with van der Waals surface area (Å²) in [6.45, 7) is 7.17. The van der Waals surface area contributed by atoms with Gasteiger partial charge in [-0.3, -0.25) is 19.2 Å². The molecule has 22 heteroatoms. The molecular formula is C47H46F4N4O14. The number of azide groups is 1. The maximum atomic E-state index is 15.5. The Morgan fingerprint density at radius 1 is 0.899 bits per heavy atom. The Morgan fingerprint density at radius 3 is 2.03 bits per heavy atom. The molecule has 7 rings (SSSR count). The summed E-state index contributed by atoms with van der Waals surface area (Å²) in [6.07, 6.45) is -12.2. The molecule has 0 spiro atoms. The normalized spacial score (nSPS) is 29.7. The van der Waals surface area contributed by atoms with Gasteiger partial charge in [0.15, 0.2) is 46.9 Å². The van der Waals surface area contributed by atoms with Gasteiger partial charge in [-0.2, -0.15) is 0 Å². The molecule has 1 aliphatic heterocycles. The van der Waals surface area contributed by atoms with Gasteiger partial charge in [-0.1, -0.05) is 67.5 Å². The molecule has 1 amide bonds. The van der Waals surface area contributed by atoms with E-state index in [0.29, 0.717) is 0 Å². The average Bonchev–Trinajstić information content (AvgIpc) is 3.30. The highest BCUT2D eigenvalue weighted by atomic mass is 19.2. The second kappa shape index (κ2) is 18.3. The molecule has 1 heterocycles. The molecule has 0 aromatic heterocycles. The first kappa shape index (κ1) is 50.2. The number of carbonyl (C=O) groups excluding carboxylic acids is 6. The van der Waals surface area contributed by atoms with Crippen molar-refractivity contribution in [2.75, 3.05) is 6.61 Å². The minimum Gasteiger partial charge on any atom is -0.456 e. The van der Waals surface area contributed by atoms with E-state index in [4.69, 9.17) is 29.2 Å². The maximum absolute atomic E-state index is 15.5. The van der Waals surface area contributed by atoms with E-state index in [1.807, 2.05) is 5.32 Å². The first-order chi connectivity index (χ1) is 32.4. The van der Waals surface area contributed by atoms with Crippen molar-refractivity contribution < 1.29 is 85.3 Å². The predicted molar refractivity (Wildman–Crippen MR) is 226 cm³/mol. The summed E-state index contributed by atoms with van der Waals surface area (Å²) in [5.74, 6) is -18.2. The fourth-order valence-electron chi connectivity index (χ4n) is 10.5. The number of nitrogens with one attached hydrogen (secondary N) is 1. The number of benzene rings is 3. The minimum absolute atomic E-state index is 0.0363. The van der Waals surface area contributed by atoms with Crippen LogP contribution in [0.1, 0.15) is 86.7 Å². The Bertz CT molecular complexity index is 2690. The number of hydrogen-bond acceptors (Lipinski definition) is 15. The van der Waals surface area contributed by atoms with Gasteiger partial charge in [0.05, 0.1) is 35.6 Å². The van der Waals surface area contributed by atoms with Crippen molar-refractivity contribution in [2.45, 2.75) is 108 Å². The quantitative estimate of drug-likeness (QED) is 0.0280. The number of nitrogens with zero attached hydrogens (tertiary/aromatic N) is 3. The fourth-order valence-corrected chi connectivity index (χ4v) is 10.5. The molecule has 366 valence electrons. The van der Waals surface area contributed by atoms with Gasteiger partial charge in [-0.15, -0.1) is 0 Å². The molecule has 1 saturated heterocycles. The van der Waals surface area contributed by atoms with E-state index >= 15 is 13.6 Å². The summed E-state index contributed by atoms with van der Waals surface area (Å²) >= 11 is 0. The number of rotatable bonds is 11. The highest BCUT2D eigenvalue weighted by Gasteiger charge is 2.78. The fraction of sp³-hybridized carbons (Fsp3) is 0.447. The van der Waals surface area contributed by atoms with Gasteiger partial charge in [0.25, 0.3) is 5.91 Å². The smallest absolute Gasteiger partial charge is 0.338 e. The van der Waals surface area contributed by atoms with E-state index in [-0.39, 0.29) is 28.7 Å². The van der Waals surface area contributed by atoms with Gasteiger partial charge in [-0.25, -0.2) is 27.2 Å². The van der Waals surface area contributed by atoms with Crippen LogP contribution in [-0.2, 0) is 42.9 Å². The summed E-state index contributed by atoms with van der Waals surface area (Å²) in [4.78, 5) is 85.8. The van der Waals surface area contributed by atoms with E-state index in [9.17, 15) is 48.1 Å². The van der Waals surface area contributed by atoms with Crippen molar-refractivity contribution in [3.05, 3.63) is 122 Å². The van der Waals surface area contributed by atoms with E-state index in [2.05, 4.69) is 10.0 Å². The van der Waals surface area contributed by atoms with Crippen molar-refractivity contribution in [1.82, 2.24) is 5.32 Å². The van der Waals surface area contributed by atoms with E-state index < -0.39 is 154 Å². The Morgan fingerprint density at radius 2 is 1.49 bits per heavy atom. The lowest BCUT2D eigenvalue weighted by molar-refractivity contribution is -0.346. The van der Waals surface area contributed by atoms with Crippen LogP contribution in [0.25, 0.3) is 10.4 Å². The molecule has 18 nitrogen and oxygen atoms in total. The van der Waals surface area contributed by atoms with Gasteiger partial charge in [0, 0.05) is 37.0 Å². The molecule has 3 fully saturated rings. The highest BCUT2D eigenvalue weighted by Crippen LogP contribution is 2.64. The zero-order chi connectivity index (χ0) is 50.7. The van der Waals surface area contributed by atoms with Crippen LogP contribution >= 0.6 is 0 Å². The molecule has 0 radical (unpaired) electrons. The van der Waals surface area contributed by atoms with Gasteiger partial charge < -0.3 is 44.3 Å². The second-order valence-corrected chi connectivity index (χ2v) is 18.2. The number of fused-ring (bicyclic) bond motifs is 5. The van der Waals surface area contributed by atoms with Gasteiger partial charge in [0.2, 0.25) is 0 Å². The Balaban J connectivity index is 1.37. The number of ketones is 1. The summed E-state index contributed by atoms with van der Waals surface area (Å²) < 4.78 is 89.8. The van der Waals surface area contributed by atoms with E-state index in [1.165, 1.54) is 82.3 Å². The molecule has 2 bridgehead atoms. The van der Waals surface area contributed by atoms with Crippen LogP contribution in [-0.4, -0.2) is 105 Å². The van der Waals surface area contributed by atoms with Crippen LogP contribution in [0.15, 0.2) is 76.9 Å². The lowest BCUT2D eigenvalue weighted by atomic mass is 9.44. The lowest BCUT2D eigenvalue weighted by Gasteiger charge is -2.67. The number of Topliss-reactive ketones (excluding diaryl/α,β-unsaturated/α-hetero) is 1. The summed E-state index contributed by atoms with van der Waals surface area (Å²) in [5.41, 5.74) is -3.82. The largest absolute Gasteiger partial charge is 0.456 e. The molecule has 4 aliphatic rings. The summed E-state index contributed by atoms with van der Waals surface area (Å²) in [5, 5.41) is 42.1. The zero-order valence-electron chi connectivity index (χ0n) is 37.7. The Hall–Kier alpha value is -6.71. The maximum Gasteiger partial charge on any atom is 0.338 e. The van der Waals surface area contributed by atoms with Crippen molar-refractivity contribution in [2.24, 2.45) is 21.9 Å². The Labute approximate surface area is 390 Å². The number of halogens is 4. The number of aliphatic hydroxyl groups excluding tert-OH is 2. The minimum atomic E-state index is -2.59. The van der Waals surface area contributed by atoms with Crippen LogP contribution in [0.3, 0.4) is 0 Å². The Kier molecular flexibility index (Phi) is 13.3. The second-order valence-electron chi connectivity index (χ2n) is 18.2. The molecule has 3 aromatic carbocycles. The van der Waals surface area contributed by atoms with Gasteiger partial charge in [-0.05, 0) is 48.2 Å². The molecule has 2 saturated carbocycles. The highest BCUT2D eigenvalue weighted by molar-refractivity contribution is 5.97. The monoisotopic (exact) mass is 966 g/mol. The van der Waals surface area contributed by atoms with Gasteiger partial charge >= 0.3 is 23.9 Å². The SMILES string of the molecule is CC(=O)O[C@H]1C(=O)[C@@]2(C)[C@H]([C@H](OC(=O)c3ccccc3)[C@]3(O)C[C@H](OC(=O)[C@H](O)[C@@H](NC(=O)c4c(F)c(F)c(N=[N+]=[N-])c(F)c4F)c4ccccc4)C(C)=C1C3(C)C)[C@]1(OC(C)=O)CO[C@@H]1C[C@@H]2O. The van der Waals surface area contributed by atoms with Crippen molar-refractivity contribution in [3.8, 4) is 0 Å². The number of hydrogen-bond donors (Lipinski definition) is 4. The van der Waals surface area contributed by atoms with Crippen LogP contribution in [0, 0.1) is 40.0 Å². The lowest BCUT2D eigenvalue weighted by Crippen LogP contribution is -2.82. The van der Waals surface area contributed by atoms with Crippen molar-refractivity contribution >= 4 is 41.3 Å². The number of carbonyl (C=O) groups is 6. The number of ether oxygens (including phenoxy) is 5. The van der Waals surface area contributed by atoms with Crippen LogP contribution in [0.5, 0.6) is 0 Å². The number of amides is 1. The molecule has 0 unspecified atom stereocenters. The third kappa shape index (κ3) is 8.08. The standard InChI is InChI=1S/C47H46F4N4O14/c1-20-25(67-43(63)36(59)34(23-13-9-7-10-14-23)53-41(61)28-30(48)32(50)35(54-55-52)33(51)31(28)49)18-47(64)40(68-42(62)24-15-11-8-12-16-24)38-45(6,26(58)17-27-46(38,19-65-27)69-22(3)57)39(60)37(66-21(2)56)29(20)44(47,4)5/h7-16,25-27,34,36-38,40,58-59,64H,17-19H2,1-6H3,(H,53,61)/t25-,26-,27+,34-,36+,37+,38-,40-,45+,46-,47+/m0/s1. The summed E-state index contributed by atoms with van der Waals surface area (Å²) in [7, 11) is 0. The third-order valence-electron chi connectivity index (χ3n) is 14.1. The molecule has 3 aromatic rings. The summed E-state index contributed by atoms with van der Waals surface area (Å²) in [6, 6.07) is 12.2. The first-order valence-corrected chi connectivity index (χ1v) is 21.4. The topological polar surface area (TPSA) is 270 Å². The van der Waals surface area contributed by atoms with Crippen LogP contribution < -0.4 is 5.32 Å². The molecular weight excluding hydrogens is 921 g/mol. The molecule has 11 atom stereocenters. The molecule has 3 aliphatic carbocycles. The zero-order valence-corrected chi connectivity index (χ0v) is 37.7. The number of esters is 4. The van der Waals surface area contributed by atoms with Crippen molar-refractivity contribution in [1.29, 1.82) is 0 Å². The van der Waals surface area contributed by atoms with Crippen molar-refractivity contribution in [3.63, 3.8) is 0 Å². The van der Waals surface area contributed by atoms with Crippen LogP contribution in [0.4, 0.5) is 23.2 Å². The average molecular weight is 967 g/mol.